The number of ether oxygens (including phenoxy) is 1. The number of aromatic nitrogens is 1. The van der Waals surface area contributed by atoms with Crippen LogP contribution in [0.2, 0.25) is 0 Å². The lowest BCUT2D eigenvalue weighted by Gasteiger charge is -2.12. The number of hydrogen-bond donors (Lipinski definition) is 1. The maximum absolute atomic E-state index is 12.8. The Morgan fingerprint density at radius 3 is 2.72 bits per heavy atom. The number of rotatable bonds is 6. The summed E-state index contributed by atoms with van der Waals surface area (Å²) in [5.41, 5.74) is 2.14. The Balaban J connectivity index is 1.70. The van der Waals surface area contributed by atoms with E-state index in [0.717, 1.165) is 23.3 Å². The first-order valence-electron chi connectivity index (χ1n) is 8.47. The lowest BCUT2D eigenvalue weighted by atomic mass is 10.1. The molecule has 0 radical (unpaired) electrons. The topological polar surface area (TPSA) is 51.2 Å². The van der Waals surface area contributed by atoms with Gasteiger partial charge in [-0.2, -0.15) is 13.2 Å². The molecule has 152 valence electrons. The Labute approximate surface area is 177 Å². The van der Waals surface area contributed by atoms with E-state index in [2.05, 4.69) is 26.2 Å². The molecule has 0 saturated carbocycles. The normalized spacial score (nSPS) is 11.3. The number of amides is 1. The van der Waals surface area contributed by atoms with Crippen molar-refractivity contribution in [2.24, 2.45) is 0 Å². The predicted molar refractivity (Wildman–Crippen MR) is 110 cm³/mol. The number of carbonyl (C=O) groups excluding carboxylic acids is 1. The summed E-state index contributed by atoms with van der Waals surface area (Å²) in [5.74, 6) is 0.398. The van der Waals surface area contributed by atoms with E-state index in [-0.39, 0.29) is 17.8 Å². The van der Waals surface area contributed by atoms with Gasteiger partial charge in [0.1, 0.15) is 12.4 Å². The first-order chi connectivity index (χ1) is 13.8. The monoisotopic (exact) mass is 484 g/mol. The van der Waals surface area contributed by atoms with E-state index in [1.165, 1.54) is 17.4 Å². The fraction of sp³-hybridized carbons (Fsp3) is 0.200. The minimum Gasteiger partial charge on any atom is -0.489 e. The molecule has 29 heavy (non-hydrogen) atoms. The van der Waals surface area contributed by atoms with E-state index < -0.39 is 11.7 Å². The van der Waals surface area contributed by atoms with Crippen LogP contribution in [0.1, 0.15) is 16.7 Å². The average molecular weight is 485 g/mol. The van der Waals surface area contributed by atoms with Crippen LogP contribution in [0.3, 0.4) is 0 Å². The summed E-state index contributed by atoms with van der Waals surface area (Å²) in [4.78, 5) is 15.8. The van der Waals surface area contributed by atoms with Gasteiger partial charge in [0.15, 0.2) is 5.13 Å². The second-order valence-electron chi connectivity index (χ2n) is 6.19. The molecule has 3 aromatic rings. The second kappa shape index (κ2) is 8.96. The van der Waals surface area contributed by atoms with Crippen LogP contribution >= 0.6 is 27.3 Å². The molecule has 1 heterocycles. The van der Waals surface area contributed by atoms with Crippen molar-refractivity contribution in [2.75, 3.05) is 10.6 Å². The Bertz CT molecular complexity index is 1020. The van der Waals surface area contributed by atoms with Crippen LogP contribution in [0, 0.1) is 6.92 Å². The van der Waals surface area contributed by atoms with Crippen molar-refractivity contribution in [3.05, 3.63) is 64.5 Å². The highest BCUT2D eigenvalue weighted by Gasteiger charge is 2.30. The van der Waals surface area contributed by atoms with E-state index in [9.17, 15) is 18.0 Å². The van der Waals surface area contributed by atoms with Crippen LogP contribution in [0.5, 0.6) is 5.75 Å². The molecule has 1 aromatic heterocycles. The Morgan fingerprint density at radius 1 is 1.24 bits per heavy atom. The number of aryl methyl sites for hydroxylation is 1. The summed E-state index contributed by atoms with van der Waals surface area (Å²) in [6, 6.07) is 10.5. The Morgan fingerprint density at radius 2 is 2.03 bits per heavy atom. The first kappa shape index (κ1) is 21.3. The molecule has 0 atom stereocenters. The predicted octanol–water partition coefficient (Wildman–Crippen LogP) is 6.05. The van der Waals surface area contributed by atoms with Gasteiger partial charge in [-0.1, -0.05) is 28.1 Å². The van der Waals surface area contributed by atoms with E-state index in [1.54, 1.807) is 12.1 Å². The third-order valence-corrected chi connectivity index (χ3v) is 5.26. The summed E-state index contributed by atoms with van der Waals surface area (Å²) >= 11 is 4.40. The molecule has 4 nitrogen and oxygen atoms in total. The third-order valence-electron chi connectivity index (χ3n) is 3.99. The van der Waals surface area contributed by atoms with Gasteiger partial charge in [0.25, 0.3) is 0 Å². The molecule has 0 unspecified atom stereocenters. The minimum atomic E-state index is -4.38. The van der Waals surface area contributed by atoms with E-state index in [1.807, 2.05) is 24.4 Å². The molecule has 0 fully saturated rings. The van der Waals surface area contributed by atoms with Crippen molar-refractivity contribution < 1.29 is 22.7 Å². The maximum Gasteiger partial charge on any atom is 0.416 e. The molecule has 0 aliphatic carbocycles. The molecule has 1 N–H and O–H groups in total. The number of anilines is 1. The molecule has 0 saturated heterocycles. The van der Waals surface area contributed by atoms with Gasteiger partial charge in [-0.3, -0.25) is 4.79 Å². The van der Waals surface area contributed by atoms with Gasteiger partial charge in [0, 0.05) is 10.9 Å². The molecule has 0 aliphatic rings. The van der Waals surface area contributed by atoms with Crippen molar-refractivity contribution in [2.45, 2.75) is 19.7 Å². The molecule has 3 rings (SSSR count). The Hall–Kier alpha value is -2.39. The van der Waals surface area contributed by atoms with Gasteiger partial charge in [-0.15, -0.1) is 11.3 Å². The molecular weight excluding hydrogens is 469 g/mol. The molecule has 0 bridgehead atoms. The third kappa shape index (κ3) is 5.57. The lowest BCUT2D eigenvalue weighted by molar-refractivity contribution is -0.137. The first-order valence-corrected chi connectivity index (χ1v) is 10.5. The van der Waals surface area contributed by atoms with Gasteiger partial charge in [-0.25, -0.2) is 4.98 Å². The zero-order valence-electron chi connectivity index (χ0n) is 15.2. The van der Waals surface area contributed by atoms with Crippen LogP contribution < -0.4 is 10.1 Å². The van der Waals surface area contributed by atoms with Gasteiger partial charge in [0.05, 0.1) is 16.6 Å². The van der Waals surface area contributed by atoms with Crippen molar-refractivity contribution in [1.29, 1.82) is 0 Å². The molecular formula is C20H16BrF3N2O2S. The van der Waals surface area contributed by atoms with E-state index in [4.69, 9.17) is 4.74 Å². The van der Waals surface area contributed by atoms with E-state index >= 15 is 0 Å². The number of thiazole rings is 1. The zero-order valence-corrected chi connectivity index (χ0v) is 17.6. The molecule has 1 amide bonds. The van der Waals surface area contributed by atoms with Gasteiger partial charge in [-0.05, 0) is 48.4 Å². The average Bonchev–Trinajstić information content (AvgIpc) is 3.15. The van der Waals surface area contributed by atoms with Crippen molar-refractivity contribution in [1.82, 2.24) is 4.98 Å². The summed E-state index contributed by atoms with van der Waals surface area (Å²) in [7, 11) is 0. The number of nitrogens with zero attached hydrogens (tertiary/aromatic N) is 1. The largest absolute Gasteiger partial charge is 0.489 e. The SMILES string of the molecule is Cc1cc(-c2csc(NC(=O)CBr)n2)ccc1OCc1cccc(C(F)(F)F)c1. The number of nitrogens with one attached hydrogen (secondary N) is 1. The van der Waals surface area contributed by atoms with Crippen LogP contribution in [0.15, 0.2) is 47.8 Å². The molecule has 9 heteroatoms. The van der Waals surface area contributed by atoms with Crippen molar-refractivity contribution in [3.8, 4) is 17.0 Å². The molecule has 0 aliphatic heterocycles. The highest BCUT2D eigenvalue weighted by molar-refractivity contribution is 9.09. The number of alkyl halides is 4. The maximum atomic E-state index is 12.8. The smallest absolute Gasteiger partial charge is 0.416 e. The van der Waals surface area contributed by atoms with E-state index in [0.29, 0.717) is 22.1 Å². The quantitative estimate of drug-likeness (QED) is 0.433. The number of benzene rings is 2. The van der Waals surface area contributed by atoms with Crippen molar-refractivity contribution in [3.63, 3.8) is 0 Å². The van der Waals surface area contributed by atoms with Crippen LogP contribution in [-0.4, -0.2) is 16.2 Å². The fourth-order valence-electron chi connectivity index (χ4n) is 2.59. The fourth-order valence-corrected chi connectivity index (χ4v) is 3.46. The lowest BCUT2D eigenvalue weighted by Crippen LogP contribution is -2.11. The zero-order chi connectivity index (χ0) is 21.0. The van der Waals surface area contributed by atoms with Crippen LogP contribution in [-0.2, 0) is 17.6 Å². The van der Waals surface area contributed by atoms with Gasteiger partial charge < -0.3 is 10.1 Å². The number of hydrogen-bond acceptors (Lipinski definition) is 4. The molecule has 0 spiro atoms. The Kier molecular flexibility index (Phi) is 6.59. The van der Waals surface area contributed by atoms with Gasteiger partial charge >= 0.3 is 6.18 Å². The van der Waals surface area contributed by atoms with Crippen molar-refractivity contribution >= 4 is 38.3 Å². The molecule has 2 aromatic carbocycles. The number of carbonyl (C=O) groups is 1. The highest BCUT2D eigenvalue weighted by Crippen LogP contribution is 2.31. The standard InChI is InChI=1S/C20H16BrF3N2O2S/c1-12-7-14(16-11-29-19(25-16)26-18(27)9-21)5-6-17(12)28-10-13-3-2-4-15(8-13)20(22,23)24/h2-8,11H,9-10H2,1H3,(H,25,26,27). The summed E-state index contributed by atoms with van der Waals surface area (Å²) in [5, 5.41) is 5.21. The van der Waals surface area contributed by atoms with Crippen LogP contribution in [0.4, 0.5) is 18.3 Å². The van der Waals surface area contributed by atoms with Crippen LogP contribution in [0.25, 0.3) is 11.3 Å². The highest BCUT2D eigenvalue weighted by atomic mass is 79.9. The summed E-state index contributed by atoms with van der Waals surface area (Å²) in [6.07, 6.45) is -4.38. The minimum absolute atomic E-state index is 0.0313. The number of halogens is 4. The summed E-state index contributed by atoms with van der Waals surface area (Å²) in [6.45, 7) is 1.88. The van der Waals surface area contributed by atoms with Gasteiger partial charge in [0.2, 0.25) is 5.91 Å². The summed E-state index contributed by atoms with van der Waals surface area (Å²) < 4.78 is 44.2. The second-order valence-corrected chi connectivity index (χ2v) is 7.61.